The number of nitro groups is 1. The maximum absolute atomic E-state index is 13.0. The molecule has 0 radical (unpaired) electrons. The molecule has 0 saturated carbocycles. The van der Waals surface area contributed by atoms with Gasteiger partial charge in [-0.05, 0) is 23.6 Å². The van der Waals surface area contributed by atoms with E-state index in [0.29, 0.717) is 32.8 Å². The minimum Gasteiger partial charge on any atom is -0.268 e. The van der Waals surface area contributed by atoms with Crippen molar-refractivity contribution in [1.82, 2.24) is 9.38 Å². The average Bonchev–Trinajstić information content (AvgIpc) is 2.98. The molecule has 3 aromatic carbocycles. The lowest BCUT2D eigenvalue weighted by Crippen LogP contribution is -2.13. The molecule has 114 valence electrons. The predicted octanol–water partition coefficient (Wildman–Crippen LogP) is 3.50. The van der Waals surface area contributed by atoms with Gasteiger partial charge in [0, 0.05) is 28.3 Å². The predicted molar refractivity (Wildman–Crippen MR) is 91.8 cm³/mol. The van der Waals surface area contributed by atoms with Crippen molar-refractivity contribution < 1.29 is 4.92 Å². The molecule has 6 nitrogen and oxygen atoms in total. The van der Waals surface area contributed by atoms with E-state index < -0.39 is 4.92 Å². The number of nitrogens with zero attached hydrogens (tertiary/aromatic N) is 3. The summed E-state index contributed by atoms with van der Waals surface area (Å²) in [6.45, 7) is 0. The third-order valence-electron chi connectivity index (χ3n) is 4.41. The highest BCUT2D eigenvalue weighted by molar-refractivity contribution is 6.16. The molecule has 6 heteroatoms. The van der Waals surface area contributed by atoms with Crippen molar-refractivity contribution in [1.29, 1.82) is 0 Å². The minimum atomic E-state index is -0.425. The van der Waals surface area contributed by atoms with Crippen LogP contribution in [0.1, 0.15) is 0 Å². The topological polar surface area (TPSA) is 77.5 Å². The molecule has 2 aromatic heterocycles. The number of fused-ring (bicyclic) bond motifs is 4. The summed E-state index contributed by atoms with van der Waals surface area (Å²) >= 11 is 0. The van der Waals surface area contributed by atoms with E-state index in [1.807, 2.05) is 24.3 Å². The summed E-state index contributed by atoms with van der Waals surface area (Å²) in [6.07, 6.45) is 0. The second kappa shape index (κ2) is 4.26. The summed E-state index contributed by atoms with van der Waals surface area (Å²) in [5.41, 5.74) is 1.67. The number of hydrogen-bond donors (Lipinski definition) is 0. The molecule has 0 aliphatic rings. The first-order valence-corrected chi connectivity index (χ1v) is 7.39. The van der Waals surface area contributed by atoms with Crippen molar-refractivity contribution in [2.75, 3.05) is 0 Å². The molecule has 5 rings (SSSR count). The van der Waals surface area contributed by atoms with Crippen molar-refractivity contribution >= 4 is 43.9 Å². The molecule has 24 heavy (non-hydrogen) atoms. The van der Waals surface area contributed by atoms with Crippen LogP contribution in [0.25, 0.3) is 38.2 Å². The Kier molecular flexibility index (Phi) is 2.30. The Morgan fingerprint density at radius 1 is 1.00 bits per heavy atom. The van der Waals surface area contributed by atoms with Gasteiger partial charge >= 0.3 is 0 Å². The SMILES string of the molecule is O=c1c2cccc3cc([N+](=O)[O-])cc(c32)c2nc3ccccc3n12. The smallest absolute Gasteiger partial charge is 0.268 e. The largest absolute Gasteiger partial charge is 0.270 e. The normalized spacial score (nSPS) is 11.8. The molecule has 0 fully saturated rings. The highest BCUT2D eigenvalue weighted by Crippen LogP contribution is 2.32. The van der Waals surface area contributed by atoms with E-state index in [4.69, 9.17) is 0 Å². The first-order valence-electron chi connectivity index (χ1n) is 7.39. The number of benzene rings is 3. The Morgan fingerprint density at radius 3 is 2.67 bits per heavy atom. The van der Waals surface area contributed by atoms with Crippen molar-refractivity contribution in [2.45, 2.75) is 0 Å². The maximum Gasteiger partial charge on any atom is 0.270 e. The lowest BCUT2D eigenvalue weighted by Gasteiger charge is -2.07. The Balaban J connectivity index is 2.19. The number of nitro benzene ring substituents is 1. The Hall–Kier alpha value is -3.54. The van der Waals surface area contributed by atoms with Gasteiger partial charge in [-0.15, -0.1) is 0 Å². The van der Waals surface area contributed by atoms with Gasteiger partial charge in [-0.2, -0.15) is 0 Å². The van der Waals surface area contributed by atoms with Gasteiger partial charge < -0.3 is 0 Å². The Morgan fingerprint density at radius 2 is 1.83 bits per heavy atom. The monoisotopic (exact) mass is 315 g/mol. The van der Waals surface area contributed by atoms with Crippen LogP contribution in [0.4, 0.5) is 5.69 Å². The third-order valence-corrected chi connectivity index (χ3v) is 4.41. The zero-order chi connectivity index (χ0) is 16.4. The molecular formula is C18H9N3O3. The summed E-state index contributed by atoms with van der Waals surface area (Å²) in [5.74, 6) is 0. The molecule has 0 aliphatic heterocycles. The lowest BCUT2D eigenvalue weighted by molar-refractivity contribution is -0.384. The molecule has 0 aliphatic carbocycles. The van der Waals surface area contributed by atoms with Crippen molar-refractivity contribution in [2.24, 2.45) is 0 Å². The van der Waals surface area contributed by atoms with E-state index in [-0.39, 0.29) is 11.2 Å². The molecule has 2 heterocycles. The summed E-state index contributed by atoms with van der Waals surface area (Å²) in [6, 6.07) is 15.6. The lowest BCUT2D eigenvalue weighted by atomic mass is 10.0. The fourth-order valence-electron chi connectivity index (χ4n) is 3.40. The van der Waals surface area contributed by atoms with Gasteiger partial charge in [0.2, 0.25) is 0 Å². The van der Waals surface area contributed by atoms with Crippen LogP contribution in [-0.2, 0) is 0 Å². The van der Waals surface area contributed by atoms with Crippen LogP contribution in [0, 0.1) is 10.1 Å². The standard InChI is InChI=1S/C18H9N3O3/c22-18-12-5-3-4-10-8-11(21(23)24)9-13(16(10)12)17-19-14-6-1-2-7-15(14)20(17)18/h1-9H. The summed E-state index contributed by atoms with van der Waals surface area (Å²) in [7, 11) is 0. The van der Waals surface area contributed by atoms with Gasteiger partial charge in [-0.1, -0.05) is 24.3 Å². The van der Waals surface area contributed by atoms with E-state index in [2.05, 4.69) is 4.98 Å². The second-order valence-corrected chi connectivity index (χ2v) is 5.72. The van der Waals surface area contributed by atoms with E-state index in [1.165, 1.54) is 16.5 Å². The molecule has 0 unspecified atom stereocenters. The fourth-order valence-corrected chi connectivity index (χ4v) is 3.40. The Labute approximate surface area is 134 Å². The molecule has 0 spiro atoms. The molecule has 0 bridgehead atoms. The third kappa shape index (κ3) is 1.49. The number of para-hydroxylation sites is 2. The highest BCUT2D eigenvalue weighted by Gasteiger charge is 2.19. The van der Waals surface area contributed by atoms with Gasteiger partial charge in [-0.3, -0.25) is 19.3 Å². The molecular weight excluding hydrogens is 306 g/mol. The van der Waals surface area contributed by atoms with Crippen molar-refractivity contribution in [3.63, 3.8) is 0 Å². The first-order chi connectivity index (χ1) is 11.6. The van der Waals surface area contributed by atoms with Crippen LogP contribution >= 0.6 is 0 Å². The minimum absolute atomic E-state index is 0.0115. The van der Waals surface area contributed by atoms with Crippen molar-refractivity contribution in [3.8, 4) is 0 Å². The van der Waals surface area contributed by atoms with Crippen LogP contribution in [0.3, 0.4) is 0 Å². The first kappa shape index (κ1) is 13.0. The van der Waals surface area contributed by atoms with Crippen LogP contribution in [0.15, 0.2) is 59.4 Å². The molecule has 0 atom stereocenters. The summed E-state index contributed by atoms with van der Waals surface area (Å²) < 4.78 is 1.54. The van der Waals surface area contributed by atoms with Gasteiger partial charge in [0.1, 0.15) is 5.65 Å². The van der Waals surface area contributed by atoms with E-state index >= 15 is 0 Å². The van der Waals surface area contributed by atoms with Gasteiger partial charge in [0.25, 0.3) is 11.2 Å². The van der Waals surface area contributed by atoms with Gasteiger partial charge in [0.05, 0.1) is 16.0 Å². The number of non-ortho nitro benzene ring substituents is 1. The van der Waals surface area contributed by atoms with Crippen LogP contribution < -0.4 is 5.56 Å². The van der Waals surface area contributed by atoms with Gasteiger partial charge in [0.15, 0.2) is 0 Å². The Bertz CT molecular complexity index is 1350. The molecule has 0 amide bonds. The number of imidazole rings is 1. The number of pyridine rings is 1. The number of aromatic nitrogens is 2. The van der Waals surface area contributed by atoms with E-state index in [1.54, 1.807) is 18.2 Å². The van der Waals surface area contributed by atoms with E-state index in [0.717, 1.165) is 5.39 Å². The highest BCUT2D eigenvalue weighted by atomic mass is 16.6. The zero-order valence-electron chi connectivity index (χ0n) is 12.3. The summed E-state index contributed by atoms with van der Waals surface area (Å²) in [5, 5.41) is 13.8. The number of rotatable bonds is 1. The van der Waals surface area contributed by atoms with Crippen LogP contribution in [0.5, 0.6) is 0 Å². The maximum atomic E-state index is 13.0. The van der Waals surface area contributed by atoms with Crippen molar-refractivity contribution in [3.05, 3.63) is 75.1 Å². The molecule has 0 saturated heterocycles. The quantitative estimate of drug-likeness (QED) is 0.350. The average molecular weight is 315 g/mol. The fraction of sp³-hybridized carbons (Fsp3) is 0. The number of hydrogen-bond acceptors (Lipinski definition) is 4. The van der Waals surface area contributed by atoms with Gasteiger partial charge in [-0.25, -0.2) is 4.98 Å². The van der Waals surface area contributed by atoms with E-state index in [9.17, 15) is 14.9 Å². The van der Waals surface area contributed by atoms with Crippen LogP contribution in [0.2, 0.25) is 0 Å². The zero-order valence-corrected chi connectivity index (χ0v) is 12.3. The second-order valence-electron chi connectivity index (χ2n) is 5.72. The van der Waals surface area contributed by atoms with Crippen LogP contribution in [-0.4, -0.2) is 14.3 Å². The molecule has 5 aromatic rings. The molecule has 0 N–H and O–H groups in total. The summed E-state index contributed by atoms with van der Waals surface area (Å²) in [4.78, 5) is 28.4.